The molecule has 0 aromatic rings. The van der Waals surface area contributed by atoms with Crippen LogP contribution in [0.3, 0.4) is 0 Å². The third-order valence-electron chi connectivity index (χ3n) is 2.72. The molecule has 0 rings (SSSR count). The maximum Gasteiger partial charge on any atom is -0.00772 e. The Balaban J connectivity index is 2.96. The molecular formula is C14H29N. The van der Waals surface area contributed by atoms with Gasteiger partial charge in [0.1, 0.15) is 0 Å². The van der Waals surface area contributed by atoms with Gasteiger partial charge in [-0.2, -0.15) is 0 Å². The summed E-state index contributed by atoms with van der Waals surface area (Å²) in [6.45, 7) is 3.11. The standard InChI is InChI=1S/C14H29N/c1-2-3-4-5-6-7-8-9-10-11-12-13-14-15/h9-10H,2-8,11-15H2,1H3/b10-9+. The first kappa shape index (κ1) is 14.7. The first-order valence-corrected chi connectivity index (χ1v) is 6.77. The van der Waals surface area contributed by atoms with Gasteiger partial charge in [-0.15, -0.1) is 0 Å². The van der Waals surface area contributed by atoms with Gasteiger partial charge in [-0.25, -0.2) is 0 Å². The van der Waals surface area contributed by atoms with Crippen molar-refractivity contribution >= 4 is 0 Å². The normalized spacial score (nSPS) is 11.3. The number of allylic oxidation sites excluding steroid dienone is 2. The summed E-state index contributed by atoms with van der Waals surface area (Å²) in [5, 5.41) is 0. The first-order valence-electron chi connectivity index (χ1n) is 6.77. The van der Waals surface area contributed by atoms with Crippen LogP contribution in [0.4, 0.5) is 0 Å². The van der Waals surface area contributed by atoms with Crippen molar-refractivity contribution in [3.05, 3.63) is 12.2 Å². The van der Waals surface area contributed by atoms with Crippen molar-refractivity contribution in [2.45, 2.75) is 71.1 Å². The molecule has 0 aliphatic rings. The molecule has 1 nitrogen and oxygen atoms in total. The number of rotatable bonds is 11. The third kappa shape index (κ3) is 13.7. The zero-order chi connectivity index (χ0) is 11.2. The van der Waals surface area contributed by atoms with E-state index in [-0.39, 0.29) is 0 Å². The highest BCUT2D eigenvalue weighted by atomic mass is 14.5. The quantitative estimate of drug-likeness (QED) is 0.397. The second-order valence-corrected chi connectivity index (χ2v) is 4.31. The molecular weight excluding hydrogens is 182 g/mol. The van der Waals surface area contributed by atoms with Gasteiger partial charge in [0.05, 0.1) is 0 Å². The van der Waals surface area contributed by atoms with Crippen LogP contribution in [0.25, 0.3) is 0 Å². The van der Waals surface area contributed by atoms with Gasteiger partial charge >= 0.3 is 0 Å². The Morgan fingerprint density at radius 3 is 1.87 bits per heavy atom. The van der Waals surface area contributed by atoms with E-state index in [1.54, 1.807) is 0 Å². The Labute approximate surface area is 96.1 Å². The Morgan fingerprint density at radius 2 is 1.27 bits per heavy atom. The van der Waals surface area contributed by atoms with Gasteiger partial charge in [-0.1, -0.05) is 51.2 Å². The predicted molar refractivity (Wildman–Crippen MR) is 70.0 cm³/mol. The van der Waals surface area contributed by atoms with Gasteiger partial charge in [0, 0.05) is 0 Å². The van der Waals surface area contributed by atoms with Crippen molar-refractivity contribution in [2.24, 2.45) is 5.73 Å². The maximum absolute atomic E-state index is 5.42. The van der Waals surface area contributed by atoms with Crippen LogP contribution in [0.5, 0.6) is 0 Å². The van der Waals surface area contributed by atoms with E-state index in [4.69, 9.17) is 5.73 Å². The average Bonchev–Trinajstić information content (AvgIpc) is 2.26. The Bertz CT molecular complexity index is 129. The van der Waals surface area contributed by atoms with Gasteiger partial charge in [-0.3, -0.25) is 0 Å². The molecule has 0 saturated carbocycles. The van der Waals surface area contributed by atoms with Crippen molar-refractivity contribution in [3.63, 3.8) is 0 Å². The SMILES string of the molecule is CCCCCCCC/C=C/CCCCN. The van der Waals surface area contributed by atoms with Crippen LogP contribution in [0.2, 0.25) is 0 Å². The van der Waals surface area contributed by atoms with Crippen LogP contribution >= 0.6 is 0 Å². The molecule has 0 aromatic heterocycles. The number of hydrogen-bond acceptors (Lipinski definition) is 1. The van der Waals surface area contributed by atoms with Crippen molar-refractivity contribution in [1.29, 1.82) is 0 Å². The minimum absolute atomic E-state index is 0.839. The van der Waals surface area contributed by atoms with Crippen LogP contribution in [0.1, 0.15) is 71.1 Å². The number of hydrogen-bond donors (Lipinski definition) is 1. The van der Waals surface area contributed by atoms with E-state index >= 15 is 0 Å². The molecule has 0 atom stereocenters. The predicted octanol–water partition coefficient (Wildman–Crippen LogP) is 4.42. The van der Waals surface area contributed by atoms with Crippen molar-refractivity contribution in [3.8, 4) is 0 Å². The van der Waals surface area contributed by atoms with Crippen LogP contribution < -0.4 is 5.73 Å². The molecule has 0 fully saturated rings. The van der Waals surface area contributed by atoms with Crippen LogP contribution in [-0.2, 0) is 0 Å². The molecule has 0 saturated heterocycles. The number of unbranched alkanes of at least 4 members (excludes halogenated alkanes) is 8. The van der Waals surface area contributed by atoms with Gasteiger partial charge < -0.3 is 5.73 Å². The van der Waals surface area contributed by atoms with E-state index in [0.29, 0.717) is 0 Å². The molecule has 0 aliphatic carbocycles. The molecule has 2 N–H and O–H groups in total. The lowest BCUT2D eigenvalue weighted by Gasteiger charge is -1.97. The smallest absolute Gasteiger partial charge is 0.00772 e. The Kier molecular flexibility index (Phi) is 13.4. The average molecular weight is 211 g/mol. The minimum atomic E-state index is 0.839. The van der Waals surface area contributed by atoms with Gasteiger partial charge in [0.15, 0.2) is 0 Å². The largest absolute Gasteiger partial charge is 0.330 e. The molecule has 0 unspecified atom stereocenters. The van der Waals surface area contributed by atoms with Gasteiger partial charge in [0.2, 0.25) is 0 Å². The zero-order valence-corrected chi connectivity index (χ0v) is 10.5. The fraction of sp³-hybridized carbons (Fsp3) is 0.857. The molecule has 0 heterocycles. The summed E-state index contributed by atoms with van der Waals surface area (Å²) in [5.74, 6) is 0. The van der Waals surface area contributed by atoms with E-state index in [2.05, 4.69) is 19.1 Å². The molecule has 0 spiro atoms. The molecule has 1 heteroatoms. The minimum Gasteiger partial charge on any atom is -0.330 e. The lowest BCUT2D eigenvalue weighted by atomic mass is 10.1. The summed E-state index contributed by atoms with van der Waals surface area (Å²) < 4.78 is 0. The fourth-order valence-corrected chi connectivity index (χ4v) is 1.68. The maximum atomic E-state index is 5.42. The third-order valence-corrected chi connectivity index (χ3v) is 2.72. The van der Waals surface area contributed by atoms with Crippen molar-refractivity contribution in [1.82, 2.24) is 0 Å². The van der Waals surface area contributed by atoms with Gasteiger partial charge in [-0.05, 0) is 38.6 Å². The van der Waals surface area contributed by atoms with Crippen LogP contribution in [-0.4, -0.2) is 6.54 Å². The first-order chi connectivity index (χ1) is 7.41. The molecule has 0 aromatic carbocycles. The summed E-state index contributed by atoms with van der Waals surface area (Å²) >= 11 is 0. The lowest BCUT2D eigenvalue weighted by molar-refractivity contribution is 0.611. The second-order valence-electron chi connectivity index (χ2n) is 4.31. The van der Waals surface area contributed by atoms with E-state index in [1.807, 2.05) is 0 Å². The summed E-state index contributed by atoms with van der Waals surface area (Å²) in [5.41, 5.74) is 5.42. The zero-order valence-electron chi connectivity index (χ0n) is 10.5. The molecule has 0 aliphatic heterocycles. The van der Waals surface area contributed by atoms with Crippen molar-refractivity contribution in [2.75, 3.05) is 6.54 Å². The summed E-state index contributed by atoms with van der Waals surface area (Å²) in [6, 6.07) is 0. The summed E-state index contributed by atoms with van der Waals surface area (Å²) in [4.78, 5) is 0. The van der Waals surface area contributed by atoms with Crippen LogP contribution in [0, 0.1) is 0 Å². The lowest BCUT2D eigenvalue weighted by Crippen LogP contribution is -1.96. The van der Waals surface area contributed by atoms with Gasteiger partial charge in [0.25, 0.3) is 0 Å². The summed E-state index contributed by atoms with van der Waals surface area (Å²) in [6.07, 6.45) is 18.0. The molecule has 15 heavy (non-hydrogen) atoms. The van der Waals surface area contributed by atoms with E-state index in [0.717, 1.165) is 6.54 Å². The van der Waals surface area contributed by atoms with Crippen molar-refractivity contribution < 1.29 is 0 Å². The second kappa shape index (κ2) is 13.7. The Hall–Kier alpha value is -0.300. The molecule has 0 bridgehead atoms. The highest BCUT2D eigenvalue weighted by Gasteiger charge is 1.88. The molecule has 90 valence electrons. The summed E-state index contributed by atoms with van der Waals surface area (Å²) in [7, 11) is 0. The molecule has 0 radical (unpaired) electrons. The fourth-order valence-electron chi connectivity index (χ4n) is 1.68. The highest BCUT2D eigenvalue weighted by Crippen LogP contribution is 2.07. The van der Waals surface area contributed by atoms with Crippen LogP contribution in [0.15, 0.2) is 12.2 Å². The Morgan fingerprint density at radius 1 is 0.733 bits per heavy atom. The van der Waals surface area contributed by atoms with E-state index in [1.165, 1.54) is 64.2 Å². The van der Waals surface area contributed by atoms with E-state index < -0.39 is 0 Å². The highest BCUT2D eigenvalue weighted by molar-refractivity contribution is 4.81. The number of nitrogens with two attached hydrogens (primary N) is 1. The molecule has 0 amide bonds. The monoisotopic (exact) mass is 211 g/mol. The topological polar surface area (TPSA) is 26.0 Å². The van der Waals surface area contributed by atoms with E-state index in [9.17, 15) is 0 Å².